The molecule has 1 saturated carbocycles. The van der Waals surface area contributed by atoms with E-state index in [0.29, 0.717) is 17.7 Å². The maximum Gasteiger partial charge on any atom is 0.230 e. The number of nitrogens with one attached hydrogen (secondary N) is 1. The van der Waals surface area contributed by atoms with Crippen molar-refractivity contribution < 1.29 is 4.79 Å². The second-order valence-electron chi connectivity index (χ2n) is 6.43. The second kappa shape index (κ2) is 7.83. The third-order valence-electron chi connectivity index (χ3n) is 4.60. The Morgan fingerprint density at radius 1 is 1.25 bits per heavy atom. The minimum atomic E-state index is 0.0824. The molecule has 1 aromatic heterocycles. The lowest BCUT2D eigenvalue weighted by atomic mass is 9.86. The Bertz CT molecular complexity index is 686. The number of carbonyl (C=O) groups excluding carboxylic acids is 1. The van der Waals surface area contributed by atoms with Crippen LogP contribution < -0.4 is 5.32 Å². The van der Waals surface area contributed by atoms with Crippen LogP contribution in [-0.2, 0) is 4.79 Å². The zero-order valence-electron chi connectivity index (χ0n) is 14.2. The monoisotopic (exact) mass is 344 g/mol. The van der Waals surface area contributed by atoms with Crippen LogP contribution in [0.2, 0.25) is 0 Å². The summed E-state index contributed by atoms with van der Waals surface area (Å²) in [5, 5.41) is 12.3. The Kier molecular flexibility index (Phi) is 5.56. The summed E-state index contributed by atoms with van der Waals surface area (Å²) in [6, 6.07) is 10.3. The van der Waals surface area contributed by atoms with Gasteiger partial charge in [0, 0.05) is 11.7 Å². The smallest absolute Gasteiger partial charge is 0.230 e. The molecule has 1 aliphatic rings. The molecule has 0 radical (unpaired) electrons. The van der Waals surface area contributed by atoms with Crippen LogP contribution in [0.5, 0.6) is 0 Å². The average Bonchev–Trinajstić information content (AvgIpc) is 2.96. The van der Waals surface area contributed by atoms with Crippen molar-refractivity contribution in [2.45, 2.75) is 50.7 Å². The van der Waals surface area contributed by atoms with Crippen molar-refractivity contribution in [2.75, 3.05) is 5.75 Å². The summed E-state index contributed by atoms with van der Waals surface area (Å²) in [4.78, 5) is 12.3. The number of aryl methyl sites for hydroxylation is 1. The summed E-state index contributed by atoms with van der Waals surface area (Å²) in [5.41, 5.74) is 1.02. The van der Waals surface area contributed by atoms with E-state index in [0.717, 1.165) is 23.1 Å². The lowest BCUT2D eigenvalue weighted by Gasteiger charge is -2.29. The summed E-state index contributed by atoms with van der Waals surface area (Å²) >= 11 is 1.44. The molecule has 24 heavy (non-hydrogen) atoms. The van der Waals surface area contributed by atoms with Gasteiger partial charge in [-0.1, -0.05) is 49.7 Å². The largest absolute Gasteiger partial charge is 0.352 e. The van der Waals surface area contributed by atoms with Gasteiger partial charge in [0.2, 0.25) is 5.91 Å². The predicted octanol–water partition coefficient (Wildman–Crippen LogP) is 3.36. The standard InChI is InChI=1S/C18H24N4OS/c1-13-8-6-7-11-16(13)19-17(23)12-24-18-21-20-14(2)22(18)15-9-4-3-5-10-15/h3-5,9-10,13,16H,6-8,11-12H2,1-2H3,(H,19,23)/t13-,16-/m1/s1. The zero-order chi connectivity index (χ0) is 16.9. The molecule has 1 aromatic carbocycles. The molecule has 2 aromatic rings. The minimum absolute atomic E-state index is 0.0824. The molecular weight excluding hydrogens is 320 g/mol. The molecule has 0 spiro atoms. The van der Waals surface area contributed by atoms with Crippen LogP contribution in [0.1, 0.15) is 38.4 Å². The van der Waals surface area contributed by atoms with Gasteiger partial charge in [-0.3, -0.25) is 9.36 Å². The van der Waals surface area contributed by atoms with Crippen molar-refractivity contribution in [3.63, 3.8) is 0 Å². The maximum atomic E-state index is 12.3. The first kappa shape index (κ1) is 17.0. The van der Waals surface area contributed by atoms with E-state index in [4.69, 9.17) is 0 Å². The summed E-state index contributed by atoms with van der Waals surface area (Å²) in [7, 11) is 0. The number of hydrogen-bond acceptors (Lipinski definition) is 4. The SMILES string of the molecule is Cc1nnc(SCC(=O)N[C@@H]2CCCC[C@H]2C)n1-c1ccccc1. The van der Waals surface area contributed by atoms with Gasteiger partial charge in [-0.2, -0.15) is 0 Å². The third kappa shape index (κ3) is 3.98. The number of carbonyl (C=O) groups is 1. The zero-order valence-corrected chi connectivity index (χ0v) is 15.1. The van der Waals surface area contributed by atoms with E-state index in [9.17, 15) is 4.79 Å². The van der Waals surface area contributed by atoms with Crippen molar-refractivity contribution in [3.05, 3.63) is 36.2 Å². The average molecular weight is 344 g/mol. The van der Waals surface area contributed by atoms with Gasteiger partial charge < -0.3 is 5.32 Å². The molecule has 1 N–H and O–H groups in total. The molecule has 128 valence electrons. The number of aromatic nitrogens is 3. The van der Waals surface area contributed by atoms with Crippen LogP contribution in [-0.4, -0.2) is 32.5 Å². The normalized spacial score (nSPS) is 20.8. The highest BCUT2D eigenvalue weighted by atomic mass is 32.2. The fourth-order valence-electron chi connectivity index (χ4n) is 3.22. The van der Waals surface area contributed by atoms with Gasteiger partial charge in [0.05, 0.1) is 5.75 Å². The molecule has 1 amide bonds. The number of nitrogens with zero attached hydrogens (tertiary/aromatic N) is 3. The first-order valence-corrected chi connectivity index (χ1v) is 9.53. The number of rotatable bonds is 5. The topological polar surface area (TPSA) is 59.8 Å². The van der Waals surface area contributed by atoms with Crippen LogP contribution in [0.4, 0.5) is 0 Å². The van der Waals surface area contributed by atoms with Gasteiger partial charge in [0.1, 0.15) is 5.82 Å². The predicted molar refractivity (Wildman–Crippen MR) is 96.4 cm³/mol. The van der Waals surface area contributed by atoms with Crippen LogP contribution in [0.15, 0.2) is 35.5 Å². The molecule has 6 heteroatoms. The van der Waals surface area contributed by atoms with E-state index in [1.54, 1.807) is 0 Å². The van der Waals surface area contributed by atoms with E-state index in [1.807, 2.05) is 41.8 Å². The van der Waals surface area contributed by atoms with Gasteiger partial charge in [-0.05, 0) is 37.8 Å². The Hall–Kier alpha value is -1.82. The van der Waals surface area contributed by atoms with Gasteiger partial charge in [-0.25, -0.2) is 0 Å². The van der Waals surface area contributed by atoms with E-state index < -0.39 is 0 Å². The summed E-state index contributed by atoms with van der Waals surface area (Å²) in [5.74, 6) is 1.85. The molecule has 1 aliphatic carbocycles. The third-order valence-corrected chi connectivity index (χ3v) is 5.53. The van der Waals surface area contributed by atoms with E-state index in [2.05, 4.69) is 22.4 Å². The molecule has 0 aliphatic heterocycles. The molecular formula is C18H24N4OS. The number of amides is 1. The first-order chi connectivity index (χ1) is 11.6. The van der Waals surface area contributed by atoms with E-state index >= 15 is 0 Å². The van der Waals surface area contributed by atoms with Gasteiger partial charge in [0.25, 0.3) is 0 Å². The van der Waals surface area contributed by atoms with Crippen molar-refractivity contribution in [1.82, 2.24) is 20.1 Å². The van der Waals surface area contributed by atoms with Gasteiger partial charge in [0.15, 0.2) is 5.16 Å². The number of hydrogen-bond donors (Lipinski definition) is 1. The van der Waals surface area contributed by atoms with Crippen molar-refractivity contribution >= 4 is 17.7 Å². The summed E-state index contributed by atoms with van der Waals surface area (Å²) in [6.07, 6.45) is 4.79. The van der Waals surface area contributed by atoms with Crippen LogP contribution in [0.25, 0.3) is 5.69 Å². The Morgan fingerprint density at radius 3 is 2.75 bits per heavy atom. The minimum Gasteiger partial charge on any atom is -0.352 e. The fourth-order valence-corrected chi connectivity index (χ4v) is 4.03. The molecule has 5 nitrogen and oxygen atoms in total. The highest BCUT2D eigenvalue weighted by Gasteiger charge is 2.23. The van der Waals surface area contributed by atoms with Crippen molar-refractivity contribution in [1.29, 1.82) is 0 Å². The number of para-hydroxylation sites is 1. The maximum absolute atomic E-state index is 12.3. The van der Waals surface area contributed by atoms with Crippen molar-refractivity contribution in [3.8, 4) is 5.69 Å². The van der Waals surface area contributed by atoms with Crippen LogP contribution in [0, 0.1) is 12.8 Å². The fraction of sp³-hybridized carbons (Fsp3) is 0.500. The highest BCUT2D eigenvalue weighted by Crippen LogP contribution is 2.25. The van der Waals surface area contributed by atoms with Crippen molar-refractivity contribution in [2.24, 2.45) is 5.92 Å². The number of thioether (sulfide) groups is 1. The van der Waals surface area contributed by atoms with E-state index in [1.165, 1.54) is 31.0 Å². The van der Waals surface area contributed by atoms with Gasteiger partial charge >= 0.3 is 0 Å². The Morgan fingerprint density at radius 2 is 2.00 bits per heavy atom. The molecule has 2 atom stereocenters. The van der Waals surface area contributed by atoms with E-state index in [-0.39, 0.29) is 5.91 Å². The molecule has 1 fully saturated rings. The molecule has 1 heterocycles. The highest BCUT2D eigenvalue weighted by molar-refractivity contribution is 7.99. The Labute approximate surface area is 147 Å². The second-order valence-corrected chi connectivity index (χ2v) is 7.37. The molecule has 0 bridgehead atoms. The quantitative estimate of drug-likeness (QED) is 0.845. The summed E-state index contributed by atoms with van der Waals surface area (Å²) in [6.45, 7) is 4.15. The first-order valence-electron chi connectivity index (χ1n) is 8.55. The molecule has 0 unspecified atom stereocenters. The van der Waals surface area contributed by atoms with Crippen LogP contribution in [0.3, 0.4) is 0 Å². The lowest BCUT2D eigenvalue weighted by Crippen LogP contribution is -2.41. The van der Waals surface area contributed by atoms with Gasteiger partial charge in [-0.15, -0.1) is 10.2 Å². The molecule has 3 rings (SSSR count). The van der Waals surface area contributed by atoms with Crippen LogP contribution >= 0.6 is 11.8 Å². The summed E-state index contributed by atoms with van der Waals surface area (Å²) < 4.78 is 1.99. The molecule has 0 saturated heterocycles. The number of benzene rings is 1. The Balaban J connectivity index is 1.62. The lowest BCUT2D eigenvalue weighted by molar-refractivity contribution is -0.119.